The molecule has 1 atom stereocenters. The lowest BCUT2D eigenvalue weighted by Crippen LogP contribution is -2.49. The van der Waals surface area contributed by atoms with Gasteiger partial charge in [0, 0.05) is 68.7 Å². The number of hydrogen-bond donors (Lipinski definition) is 2. The van der Waals surface area contributed by atoms with Crippen molar-refractivity contribution in [3.05, 3.63) is 60.8 Å². The van der Waals surface area contributed by atoms with E-state index in [4.69, 9.17) is 9.47 Å². The molecule has 10 heteroatoms. The Balaban J connectivity index is 1.15. The zero-order chi connectivity index (χ0) is 27.0. The number of hydrogen-bond acceptors (Lipinski definition) is 8. The predicted molar refractivity (Wildman–Crippen MR) is 150 cm³/mol. The van der Waals surface area contributed by atoms with Gasteiger partial charge in [0.1, 0.15) is 6.10 Å². The summed E-state index contributed by atoms with van der Waals surface area (Å²) in [4.78, 5) is 37.7. The summed E-state index contributed by atoms with van der Waals surface area (Å²) in [7, 11) is 1.61. The number of carbonyl (C=O) groups excluding carboxylic acids is 2. The summed E-state index contributed by atoms with van der Waals surface area (Å²) in [6.07, 6.45) is 3.47. The van der Waals surface area contributed by atoms with E-state index in [1.54, 1.807) is 13.3 Å². The first kappa shape index (κ1) is 26.6. The van der Waals surface area contributed by atoms with Crippen LogP contribution in [0.25, 0.3) is 11.3 Å². The third-order valence-corrected chi connectivity index (χ3v) is 6.97. The Bertz CT molecular complexity index is 1250. The molecule has 3 aromatic rings. The Hall–Kier alpha value is -4.02. The highest BCUT2D eigenvalue weighted by atomic mass is 16.5. The fourth-order valence-corrected chi connectivity index (χ4v) is 4.76. The first-order chi connectivity index (χ1) is 19.1. The molecule has 2 aliphatic rings. The van der Waals surface area contributed by atoms with Gasteiger partial charge in [-0.3, -0.25) is 9.59 Å². The van der Waals surface area contributed by atoms with E-state index in [1.807, 2.05) is 47.4 Å². The minimum absolute atomic E-state index is 0.102. The Labute approximate surface area is 228 Å². The summed E-state index contributed by atoms with van der Waals surface area (Å²) in [5.41, 5.74) is 4.43. The van der Waals surface area contributed by atoms with Gasteiger partial charge in [0.15, 0.2) is 0 Å². The van der Waals surface area contributed by atoms with Crippen LogP contribution in [0.5, 0.6) is 0 Å². The summed E-state index contributed by atoms with van der Waals surface area (Å²) in [5, 5.41) is 6.19. The number of ether oxygens (including phenoxy) is 2. The van der Waals surface area contributed by atoms with E-state index >= 15 is 0 Å². The van der Waals surface area contributed by atoms with Crippen LogP contribution in [-0.2, 0) is 19.1 Å². The van der Waals surface area contributed by atoms with Crippen molar-refractivity contribution in [2.75, 3.05) is 62.0 Å². The lowest BCUT2D eigenvalue weighted by atomic mass is 10.1. The highest BCUT2D eigenvalue weighted by Crippen LogP contribution is 2.24. The number of amides is 2. The molecule has 10 nitrogen and oxygen atoms in total. The van der Waals surface area contributed by atoms with Crippen LogP contribution in [0.1, 0.15) is 19.3 Å². The highest BCUT2D eigenvalue weighted by Gasteiger charge is 2.23. The Morgan fingerprint density at radius 2 is 1.74 bits per heavy atom. The standard InChI is InChI=1S/C29H34N6O4/c1-38-20-13-27(36)35-17-15-34(16-18-35)24-10-8-23(9-11-24)32-29-30-14-12-25(33-29)21-4-6-22(7-5-21)31-28(37)26-3-2-19-39-26/h4-12,14,26H,2-3,13,15-20H2,1H3,(H,31,37)(H,30,32,33). The molecule has 204 valence electrons. The molecule has 0 spiro atoms. The lowest BCUT2D eigenvalue weighted by Gasteiger charge is -2.36. The third-order valence-electron chi connectivity index (χ3n) is 6.97. The number of methoxy groups -OCH3 is 1. The zero-order valence-corrected chi connectivity index (χ0v) is 22.1. The smallest absolute Gasteiger partial charge is 0.253 e. The lowest BCUT2D eigenvalue weighted by molar-refractivity contribution is -0.132. The van der Waals surface area contributed by atoms with Crippen molar-refractivity contribution in [2.45, 2.75) is 25.4 Å². The van der Waals surface area contributed by atoms with Crippen LogP contribution in [-0.4, -0.2) is 79.3 Å². The van der Waals surface area contributed by atoms with E-state index in [2.05, 4.69) is 37.6 Å². The molecule has 2 fully saturated rings. The van der Waals surface area contributed by atoms with Crippen LogP contribution in [0.15, 0.2) is 60.8 Å². The monoisotopic (exact) mass is 530 g/mol. The van der Waals surface area contributed by atoms with Gasteiger partial charge in [-0.25, -0.2) is 9.97 Å². The molecule has 5 rings (SSSR count). The summed E-state index contributed by atoms with van der Waals surface area (Å²) < 4.78 is 10.5. The first-order valence-corrected chi connectivity index (χ1v) is 13.3. The maximum Gasteiger partial charge on any atom is 0.253 e. The van der Waals surface area contributed by atoms with Gasteiger partial charge in [-0.15, -0.1) is 0 Å². The van der Waals surface area contributed by atoms with Gasteiger partial charge in [-0.2, -0.15) is 0 Å². The quantitative estimate of drug-likeness (QED) is 0.431. The maximum absolute atomic E-state index is 12.3. The van der Waals surface area contributed by atoms with Crippen LogP contribution in [0.2, 0.25) is 0 Å². The van der Waals surface area contributed by atoms with E-state index in [1.165, 1.54) is 0 Å². The molecular formula is C29H34N6O4. The minimum Gasteiger partial charge on any atom is -0.384 e. The van der Waals surface area contributed by atoms with Crippen molar-refractivity contribution < 1.29 is 19.1 Å². The molecule has 2 saturated heterocycles. The van der Waals surface area contributed by atoms with E-state index in [9.17, 15) is 9.59 Å². The number of carbonyl (C=O) groups is 2. The van der Waals surface area contributed by atoms with Crippen molar-refractivity contribution in [1.29, 1.82) is 0 Å². The van der Waals surface area contributed by atoms with E-state index < -0.39 is 0 Å². The Kier molecular flexibility index (Phi) is 8.65. The van der Waals surface area contributed by atoms with E-state index in [-0.39, 0.29) is 17.9 Å². The summed E-state index contributed by atoms with van der Waals surface area (Å²) in [6, 6.07) is 17.6. The normalized spacial score (nSPS) is 17.2. The molecule has 39 heavy (non-hydrogen) atoms. The highest BCUT2D eigenvalue weighted by molar-refractivity contribution is 5.94. The largest absolute Gasteiger partial charge is 0.384 e. The van der Waals surface area contributed by atoms with Gasteiger partial charge in [-0.05, 0) is 55.3 Å². The second kappa shape index (κ2) is 12.7. The summed E-state index contributed by atoms with van der Waals surface area (Å²) in [6.45, 7) is 4.13. The molecule has 2 amide bonds. The van der Waals surface area contributed by atoms with Crippen LogP contribution < -0.4 is 15.5 Å². The van der Waals surface area contributed by atoms with Gasteiger partial charge in [0.2, 0.25) is 11.9 Å². The molecule has 1 aromatic heterocycles. The van der Waals surface area contributed by atoms with Crippen LogP contribution >= 0.6 is 0 Å². The van der Waals surface area contributed by atoms with Crippen LogP contribution in [0.4, 0.5) is 23.0 Å². The topological polar surface area (TPSA) is 109 Å². The number of nitrogens with zero attached hydrogens (tertiary/aromatic N) is 4. The molecule has 0 aliphatic carbocycles. The molecule has 2 N–H and O–H groups in total. The van der Waals surface area contributed by atoms with Gasteiger partial charge in [0.25, 0.3) is 5.91 Å². The second-order valence-corrected chi connectivity index (χ2v) is 9.62. The van der Waals surface area contributed by atoms with Gasteiger partial charge >= 0.3 is 0 Å². The minimum atomic E-state index is -0.360. The van der Waals surface area contributed by atoms with E-state index in [0.717, 1.165) is 54.3 Å². The van der Waals surface area contributed by atoms with Gasteiger partial charge in [0.05, 0.1) is 18.7 Å². The second-order valence-electron chi connectivity index (χ2n) is 9.62. The van der Waals surface area contributed by atoms with Gasteiger partial charge < -0.3 is 29.9 Å². The zero-order valence-electron chi connectivity index (χ0n) is 22.1. The van der Waals surface area contributed by atoms with E-state index in [0.29, 0.717) is 38.7 Å². The molecule has 3 heterocycles. The van der Waals surface area contributed by atoms with Crippen LogP contribution in [0.3, 0.4) is 0 Å². The van der Waals surface area contributed by atoms with Crippen molar-refractivity contribution >= 4 is 34.8 Å². The number of anilines is 4. The summed E-state index contributed by atoms with van der Waals surface area (Å²) in [5.74, 6) is 0.546. The maximum atomic E-state index is 12.3. The fraction of sp³-hybridized carbons (Fsp3) is 0.379. The van der Waals surface area contributed by atoms with Gasteiger partial charge in [-0.1, -0.05) is 12.1 Å². The molecule has 0 bridgehead atoms. The first-order valence-electron chi connectivity index (χ1n) is 13.3. The number of aromatic nitrogens is 2. The third kappa shape index (κ3) is 6.90. The molecule has 2 aromatic carbocycles. The summed E-state index contributed by atoms with van der Waals surface area (Å²) >= 11 is 0. The van der Waals surface area contributed by atoms with Crippen molar-refractivity contribution in [3.63, 3.8) is 0 Å². The van der Waals surface area contributed by atoms with Crippen LogP contribution in [0, 0.1) is 0 Å². The average Bonchev–Trinajstić information content (AvgIpc) is 3.53. The van der Waals surface area contributed by atoms with Crippen molar-refractivity contribution in [1.82, 2.24) is 14.9 Å². The fourth-order valence-electron chi connectivity index (χ4n) is 4.76. The SMILES string of the molecule is COCCC(=O)N1CCN(c2ccc(Nc3nccc(-c4ccc(NC(=O)C5CCCO5)cc4)n3)cc2)CC1. The molecule has 1 unspecified atom stereocenters. The molecular weight excluding hydrogens is 496 g/mol. The number of benzene rings is 2. The number of nitrogens with one attached hydrogen (secondary N) is 2. The average molecular weight is 531 g/mol. The molecule has 2 aliphatic heterocycles. The molecule has 0 saturated carbocycles. The number of piperazine rings is 1. The Morgan fingerprint density at radius 1 is 1.00 bits per heavy atom. The Morgan fingerprint density at radius 3 is 2.44 bits per heavy atom. The van der Waals surface area contributed by atoms with Crippen molar-refractivity contribution in [2.24, 2.45) is 0 Å². The number of rotatable bonds is 9. The van der Waals surface area contributed by atoms with Crippen molar-refractivity contribution in [3.8, 4) is 11.3 Å². The molecule has 0 radical (unpaired) electrons. The predicted octanol–water partition coefficient (Wildman–Crippen LogP) is 3.69.